The zero-order valence-electron chi connectivity index (χ0n) is 12.1. The highest BCUT2D eigenvalue weighted by molar-refractivity contribution is 7.71. The molecule has 3 nitrogen and oxygen atoms in total. The molecule has 1 aliphatic heterocycles. The highest BCUT2D eigenvalue weighted by atomic mass is 32.1. The van der Waals surface area contributed by atoms with Crippen molar-refractivity contribution < 1.29 is 4.42 Å². The molecule has 3 rings (SSSR count). The van der Waals surface area contributed by atoms with Gasteiger partial charge in [-0.1, -0.05) is 23.8 Å². The predicted octanol–water partition coefficient (Wildman–Crippen LogP) is 3.22. The summed E-state index contributed by atoms with van der Waals surface area (Å²) in [5, 5.41) is 1.06. The molecule has 106 valence electrons. The molecule has 0 bridgehead atoms. The molecule has 0 radical (unpaired) electrons. The quantitative estimate of drug-likeness (QED) is 0.790. The van der Waals surface area contributed by atoms with Crippen LogP contribution < -0.4 is 0 Å². The average Bonchev–Trinajstić information content (AvgIpc) is 2.45. The molecular formula is C16H20N2OS. The van der Waals surface area contributed by atoms with Crippen molar-refractivity contribution in [3.63, 3.8) is 0 Å². The highest BCUT2D eigenvalue weighted by Crippen LogP contribution is 2.21. The maximum absolute atomic E-state index is 5.74. The molecule has 1 saturated heterocycles. The lowest BCUT2D eigenvalue weighted by Gasteiger charge is -2.32. The summed E-state index contributed by atoms with van der Waals surface area (Å²) < 4.78 is 6.68. The second-order valence-electron chi connectivity index (χ2n) is 5.67. The number of fused-ring (bicyclic) bond motifs is 1. The third-order valence-corrected chi connectivity index (χ3v) is 4.47. The van der Waals surface area contributed by atoms with Gasteiger partial charge < -0.3 is 9.32 Å². The largest absolute Gasteiger partial charge is 0.464 e. The molecule has 0 saturated carbocycles. The van der Waals surface area contributed by atoms with Gasteiger partial charge in [-0.3, -0.25) is 4.90 Å². The zero-order chi connectivity index (χ0) is 14.1. The Balaban J connectivity index is 1.88. The first-order valence-corrected chi connectivity index (χ1v) is 7.46. The van der Waals surface area contributed by atoms with Crippen LogP contribution in [0.4, 0.5) is 0 Å². The van der Waals surface area contributed by atoms with Crippen molar-refractivity contribution in [2.75, 3.05) is 33.2 Å². The number of aryl methyl sites for hydroxylation is 1. The minimum Gasteiger partial charge on any atom is -0.464 e. The number of hydrogen-bond acceptors (Lipinski definition) is 4. The summed E-state index contributed by atoms with van der Waals surface area (Å²) in [6, 6.07) is 6.18. The van der Waals surface area contributed by atoms with Gasteiger partial charge in [0.05, 0.1) is 10.8 Å². The lowest BCUT2D eigenvalue weighted by atomic mass is 10.1. The molecule has 20 heavy (non-hydrogen) atoms. The first kappa shape index (κ1) is 13.7. The van der Waals surface area contributed by atoms with Crippen LogP contribution in [0.1, 0.15) is 11.1 Å². The van der Waals surface area contributed by atoms with Crippen LogP contribution in [0.15, 0.2) is 28.9 Å². The Morgan fingerprint density at radius 2 is 1.95 bits per heavy atom. The van der Waals surface area contributed by atoms with Crippen LogP contribution in [0.2, 0.25) is 0 Å². The van der Waals surface area contributed by atoms with Gasteiger partial charge in [-0.15, -0.1) is 0 Å². The molecular weight excluding hydrogens is 268 g/mol. The van der Waals surface area contributed by atoms with Crippen molar-refractivity contribution in [1.29, 1.82) is 0 Å². The summed E-state index contributed by atoms with van der Waals surface area (Å²) in [6.07, 6.45) is 1.83. The van der Waals surface area contributed by atoms with E-state index >= 15 is 0 Å². The first-order chi connectivity index (χ1) is 9.63. The topological polar surface area (TPSA) is 19.6 Å². The van der Waals surface area contributed by atoms with Gasteiger partial charge in [0.15, 0.2) is 0 Å². The summed E-state index contributed by atoms with van der Waals surface area (Å²) in [4.78, 5) is 4.81. The molecule has 1 aliphatic rings. The summed E-state index contributed by atoms with van der Waals surface area (Å²) in [5.41, 5.74) is 3.22. The van der Waals surface area contributed by atoms with E-state index in [4.69, 9.17) is 16.6 Å². The zero-order valence-corrected chi connectivity index (χ0v) is 12.9. The van der Waals surface area contributed by atoms with Gasteiger partial charge in [-0.25, -0.2) is 0 Å². The van der Waals surface area contributed by atoms with Crippen LogP contribution in [0.5, 0.6) is 0 Å². The van der Waals surface area contributed by atoms with Crippen molar-refractivity contribution >= 4 is 23.2 Å². The molecule has 0 unspecified atom stereocenters. The molecule has 0 spiro atoms. The first-order valence-electron chi connectivity index (χ1n) is 7.05. The molecule has 0 amide bonds. The molecule has 2 heterocycles. The maximum atomic E-state index is 5.74. The SMILES string of the molecule is Cc1ccc2occ(CN3CCN(C)CC3)c(=S)c2c1. The molecule has 1 aromatic carbocycles. The fraction of sp³-hybridized carbons (Fsp3) is 0.438. The van der Waals surface area contributed by atoms with E-state index in [0.29, 0.717) is 0 Å². The van der Waals surface area contributed by atoms with Gasteiger partial charge in [-0.05, 0) is 26.1 Å². The molecule has 2 aromatic rings. The number of nitrogens with zero attached hydrogens (tertiary/aromatic N) is 2. The molecule has 0 atom stereocenters. The van der Waals surface area contributed by atoms with Gasteiger partial charge in [-0.2, -0.15) is 0 Å². The van der Waals surface area contributed by atoms with Gasteiger partial charge in [0.1, 0.15) is 5.58 Å². The predicted molar refractivity (Wildman–Crippen MR) is 84.6 cm³/mol. The van der Waals surface area contributed by atoms with Gasteiger partial charge in [0.25, 0.3) is 0 Å². The van der Waals surface area contributed by atoms with E-state index in [1.807, 2.05) is 12.3 Å². The number of likely N-dealkylation sites (N-methyl/N-ethyl adjacent to an activating group) is 1. The molecule has 0 N–H and O–H groups in total. The number of hydrogen-bond donors (Lipinski definition) is 0. The summed E-state index contributed by atoms with van der Waals surface area (Å²) >= 11 is 5.65. The second kappa shape index (κ2) is 5.64. The standard InChI is InChI=1S/C16H20N2OS/c1-12-3-4-15-14(9-12)16(20)13(11-19-15)10-18-7-5-17(2)6-8-18/h3-4,9,11H,5-8,10H2,1-2H3. The van der Waals surface area contributed by atoms with Gasteiger partial charge >= 0.3 is 0 Å². The lowest BCUT2D eigenvalue weighted by molar-refractivity contribution is 0.147. The molecule has 0 aliphatic carbocycles. The van der Waals surface area contributed by atoms with E-state index in [1.54, 1.807) is 0 Å². The van der Waals surface area contributed by atoms with Crippen LogP contribution in [-0.4, -0.2) is 43.0 Å². The van der Waals surface area contributed by atoms with Crippen LogP contribution >= 0.6 is 12.2 Å². The van der Waals surface area contributed by atoms with Gasteiger partial charge in [0, 0.05) is 43.7 Å². The third-order valence-electron chi connectivity index (χ3n) is 3.99. The van der Waals surface area contributed by atoms with Crippen LogP contribution in [0.25, 0.3) is 11.0 Å². The molecule has 1 aromatic heterocycles. The Hall–Kier alpha value is -1.23. The fourth-order valence-corrected chi connectivity index (χ4v) is 2.91. The average molecular weight is 288 g/mol. The van der Waals surface area contributed by atoms with E-state index in [0.717, 1.165) is 53.8 Å². The minimum absolute atomic E-state index is 0.878. The number of benzene rings is 1. The Labute approximate surface area is 124 Å². The van der Waals surface area contributed by atoms with Gasteiger partial charge in [0.2, 0.25) is 0 Å². The summed E-state index contributed by atoms with van der Waals surface area (Å²) in [5.74, 6) is 0. The van der Waals surface area contributed by atoms with Crippen molar-refractivity contribution in [1.82, 2.24) is 9.80 Å². The normalized spacial score (nSPS) is 17.7. The van der Waals surface area contributed by atoms with E-state index in [1.165, 1.54) is 5.56 Å². The van der Waals surface area contributed by atoms with Crippen molar-refractivity contribution in [3.05, 3.63) is 40.1 Å². The Bertz CT molecular complexity index is 672. The Morgan fingerprint density at radius 1 is 1.20 bits per heavy atom. The van der Waals surface area contributed by atoms with Crippen molar-refractivity contribution in [2.45, 2.75) is 13.5 Å². The second-order valence-corrected chi connectivity index (χ2v) is 6.08. The summed E-state index contributed by atoms with van der Waals surface area (Å²) in [7, 11) is 2.17. The van der Waals surface area contributed by atoms with E-state index in [2.05, 4.69) is 35.9 Å². The smallest absolute Gasteiger partial charge is 0.135 e. The van der Waals surface area contributed by atoms with Crippen molar-refractivity contribution in [2.24, 2.45) is 0 Å². The van der Waals surface area contributed by atoms with Crippen LogP contribution in [0, 0.1) is 11.4 Å². The van der Waals surface area contributed by atoms with E-state index < -0.39 is 0 Å². The Morgan fingerprint density at radius 3 is 2.70 bits per heavy atom. The van der Waals surface area contributed by atoms with E-state index in [-0.39, 0.29) is 0 Å². The number of rotatable bonds is 2. The Kier molecular flexibility index (Phi) is 3.87. The van der Waals surface area contributed by atoms with E-state index in [9.17, 15) is 0 Å². The fourth-order valence-electron chi connectivity index (χ4n) is 2.64. The lowest BCUT2D eigenvalue weighted by Crippen LogP contribution is -2.43. The van der Waals surface area contributed by atoms with Crippen LogP contribution in [-0.2, 0) is 6.54 Å². The summed E-state index contributed by atoms with van der Waals surface area (Å²) in [6.45, 7) is 7.41. The van der Waals surface area contributed by atoms with Crippen molar-refractivity contribution in [3.8, 4) is 0 Å². The molecule has 1 fully saturated rings. The molecule has 4 heteroatoms. The highest BCUT2D eigenvalue weighted by Gasteiger charge is 2.15. The third kappa shape index (κ3) is 2.77. The number of piperazine rings is 1. The minimum atomic E-state index is 0.878. The monoisotopic (exact) mass is 288 g/mol. The maximum Gasteiger partial charge on any atom is 0.135 e. The van der Waals surface area contributed by atoms with Crippen LogP contribution in [0.3, 0.4) is 0 Å².